The first kappa shape index (κ1) is 17.9. The molecule has 0 aliphatic carbocycles. The molecule has 0 aliphatic heterocycles. The van der Waals surface area contributed by atoms with Gasteiger partial charge in [0.25, 0.3) is 0 Å². The standard InChI is InChI=1S/C18H22N2O3S/c1-12(13-5-10-16(22-3)17(11-13)23-4)19-18(24)20-14-6-8-15(21-2)9-7-14/h5-12H,1-4H3,(H2,19,20,24). The summed E-state index contributed by atoms with van der Waals surface area (Å²) in [7, 11) is 4.88. The van der Waals surface area contributed by atoms with Gasteiger partial charge < -0.3 is 24.8 Å². The maximum absolute atomic E-state index is 5.37. The van der Waals surface area contributed by atoms with E-state index in [9.17, 15) is 0 Å². The smallest absolute Gasteiger partial charge is 0.171 e. The molecule has 2 rings (SSSR count). The van der Waals surface area contributed by atoms with E-state index in [0.29, 0.717) is 16.6 Å². The number of hydrogen-bond acceptors (Lipinski definition) is 4. The predicted octanol–water partition coefficient (Wildman–Crippen LogP) is 3.76. The zero-order chi connectivity index (χ0) is 17.5. The molecular weight excluding hydrogens is 324 g/mol. The lowest BCUT2D eigenvalue weighted by Crippen LogP contribution is -2.30. The molecular formula is C18H22N2O3S. The summed E-state index contributed by atoms with van der Waals surface area (Å²) in [5, 5.41) is 6.95. The van der Waals surface area contributed by atoms with E-state index in [1.54, 1.807) is 21.3 Å². The Morgan fingerprint density at radius 1 is 0.917 bits per heavy atom. The highest BCUT2D eigenvalue weighted by atomic mass is 32.1. The molecule has 6 heteroatoms. The van der Waals surface area contributed by atoms with Crippen LogP contribution in [-0.4, -0.2) is 26.4 Å². The summed E-state index contributed by atoms with van der Waals surface area (Å²) in [6, 6.07) is 13.4. The van der Waals surface area contributed by atoms with Crippen LogP contribution in [0.15, 0.2) is 42.5 Å². The SMILES string of the molecule is COc1ccc(NC(=S)NC(C)c2ccc(OC)c(OC)c2)cc1. The van der Waals surface area contributed by atoms with Crippen LogP contribution in [0.5, 0.6) is 17.2 Å². The molecule has 0 aliphatic rings. The van der Waals surface area contributed by atoms with E-state index in [-0.39, 0.29) is 6.04 Å². The van der Waals surface area contributed by atoms with E-state index in [2.05, 4.69) is 10.6 Å². The van der Waals surface area contributed by atoms with Crippen molar-refractivity contribution in [2.24, 2.45) is 0 Å². The van der Waals surface area contributed by atoms with Crippen LogP contribution in [0.2, 0.25) is 0 Å². The zero-order valence-electron chi connectivity index (χ0n) is 14.3. The van der Waals surface area contributed by atoms with Gasteiger partial charge in [-0.25, -0.2) is 0 Å². The minimum Gasteiger partial charge on any atom is -0.497 e. The zero-order valence-corrected chi connectivity index (χ0v) is 15.1. The lowest BCUT2D eigenvalue weighted by Gasteiger charge is -2.19. The quantitative estimate of drug-likeness (QED) is 0.777. The summed E-state index contributed by atoms with van der Waals surface area (Å²) in [5.74, 6) is 2.20. The second kappa shape index (κ2) is 8.40. The third kappa shape index (κ3) is 4.52. The van der Waals surface area contributed by atoms with Gasteiger partial charge in [-0.3, -0.25) is 0 Å². The van der Waals surface area contributed by atoms with Gasteiger partial charge in [-0.05, 0) is 61.1 Å². The summed E-state index contributed by atoms with van der Waals surface area (Å²) in [6.07, 6.45) is 0. The maximum atomic E-state index is 5.37. The summed E-state index contributed by atoms with van der Waals surface area (Å²) >= 11 is 5.37. The second-order valence-corrected chi connectivity index (χ2v) is 5.57. The average molecular weight is 346 g/mol. The van der Waals surface area contributed by atoms with Gasteiger partial charge >= 0.3 is 0 Å². The van der Waals surface area contributed by atoms with Gasteiger partial charge in [0, 0.05) is 5.69 Å². The molecule has 0 amide bonds. The number of ether oxygens (including phenoxy) is 3. The van der Waals surface area contributed by atoms with Crippen molar-refractivity contribution in [1.82, 2.24) is 5.32 Å². The van der Waals surface area contributed by atoms with E-state index in [1.807, 2.05) is 49.4 Å². The monoisotopic (exact) mass is 346 g/mol. The molecule has 0 saturated heterocycles. The summed E-state index contributed by atoms with van der Waals surface area (Å²) in [6.45, 7) is 2.03. The molecule has 128 valence electrons. The lowest BCUT2D eigenvalue weighted by molar-refractivity contribution is 0.354. The van der Waals surface area contributed by atoms with Crippen molar-refractivity contribution < 1.29 is 14.2 Å². The normalized spacial score (nSPS) is 11.3. The lowest BCUT2D eigenvalue weighted by atomic mass is 10.1. The average Bonchev–Trinajstić information content (AvgIpc) is 2.61. The predicted molar refractivity (Wildman–Crippen MR) is 100 cm³/mol. The Morgan fingerprint density at radius 2 is 1.58 bits per heavy atom. The molecule has 24 heavy (non-hydrogen) atoms. The Balaban J connectivity index is 2.00. The molecule has 0 bridgehead atoms. The summed E-state index contributed by atoms with van der Waals surface area (Å²) < 4.78 is 15.7. The van der Waals surface area contributed by atoms with E-state index in [1.165, 1.54) is 0 Å². The van der Waals surface area contributed by atoms with Crippen molar-refractivity contribution in [3.05, 3.63) is 48.0 Å². The molecule has 2 aromatic rings. The third-order valence-electron chi connectivity index (χ3n) is 3.60. The van der Waals surface area contributed by atoms with E-state index in [0.717, 1.165) is 17.0 Å². The van der Waals surface area contributed by atoms with Crippen molar-refractivity contribution in [2.75, 3.05) is 26.6 Å². The van der Waals surface area contributed by atoms with Crippen LogP contribution in [0.25, 0.3) is 0 Å². The Morgan fingerprint density at radius 3 is 2.17 bits per heavy atom. The number of anilines is 1. The summed E-state index contributed by atoms with van der Waals surface area (Å²) in [4.78, 5) is 0. The maximum Gasteiger partial charge on any atom is 0.171 e. The number of hydrogen-bond donors (Lipinski definition) is 2. The van der Waals surface area contributed by atoms with Crippen LogP contribution in [-0.2, 0) is 0 Å². The first-order valence-electron chi connectivity index (χ1n) is 7.51. The molecule has 0 saturated carbocycles. The summed E-state index contributed by atoms with van der Waals surface area (Å²) in [5.41, 5.74) is 1.94. The number of methoxy groups -OCH3 is 3. The van der Waals surface area contributed by atoms with Gasteiger partial charge in [-0.1, -0.05) is 6.07 Å². The molecule has 1 unspecified atom stereocenters. The highest BCUT2D eigenvalue weighted by molar-refractivity contribution is 7.80. The molecule has 1 atom stereocenters. The first-order valence-corrected chi connectivity index (χ1v) is 7.91. The minimum absolute atomic E-state index is 0.0167. The fraction of sp³-hybridized carbons (Fsp3) is 0.278. The Bertz CT molecular complexity index is 689. The van der Waals surface area contributed by atoms with Crippen molar-refractivity contribution in [3.63, 3.8) is 0 Å². The topological polar surface area (TPSA) is 51.8 Å². The fourth-order valence-electron chi connectivity index (χ4n) is 2.24. The Labute approximate surface area is 147 Å². The van der Waals surface area contributed by atoms with E-state index < -0.39 is 0 Å². The molecule has 5 nitrogen and oxygen atoms in total. The van der Waals surface area contributed by atoms with Crippen molar-refractivity contribution in [1.29, 1.82) is 0 Å². The van der Waals surface area contributed by atoms with Crippen LogP contribution >= 0.6 is 12.2 Å². The molecule has 0 fully saturated rings. The van der Waals surface area contributed by atoms with Gasteiger partial charge in [-0.15, -0.1) is 0 Å². The molecule has 0 radical (unpaired) electrons. The minimum atomic E-state index is 0.0167. The molecule has 0 spiro atoms. The first-order chi connectivity index (χ1) is 11.6. The van der Waals surface area contributed by atoms with Crippen LogP contribution in [0.3, 0.4) is 0 Å². The van der Waals surface area contributed by atoms with Crippen LogP contribution in [0, 0.1) is 0 Å². The highest BCUT2D eigenvalue weighted by Gasteiger charge is 2.11. The van der Waals surface area contributed by atoms with Crippen molar-refractivity contribution >= 4 is 23.0 Å². The number of thiocarbonyl (C=S) groups is 1. The third-order valence-corrected chi connectivity index (χ3v) is 3.82. The second-order valence-electron chi connectivity index (χ2n) is 5.16. The highest BCUT2D eigenvalue weighted by Crippen LogP contribution is 2.29. The number of nitrogens with one attached hydrogen (secondary N) is 2. The van der Waals surface area contributed by atoms with Crippen LogP contribution < -0.4 is 24.8 Å². The number of benzene rings is 2. The van der Waals surface area contributed by atoms with Gasteiger partial charge in [0.15, 0.2) is 16.6 Å². The van der Waals surface area contributed by atoms with E-state index >= 15 is 0 Å². The van der Waals surface area contributed by atoms with E-state index in [4.69, 9.17) is 26.4 Å². The van der Waals surface area contributed by atoms with Gasteiger partial charge in [0.05, 0.1) is 27.4 Å². The molecule has 2 N–H and O–H groups in total. The Kier molecular flexibility index (Phi) is 6.26. The van der Waals surface area contributed by atoms with Crippen molar-refractivity contribution in [3.8, 4) is 17.2 Å². The Hall–Kier alpha value is -2.47. The fourth-order valence-corrected chi connectivity index (χ4v) is 2.54. The molecule has 0 heterocycles. The molecule has 2 aromatic carbocycles. The van der Waals surface area contributed by atoms with Gasteiger partial charge in [0.2, 0.25) is 0 Å². The van der Waals surface area contributed by atoms with Crippen LogP contribution in [0.1, 0.15) is 18.5 Å². The van der Waals surface area contributed by atoms with Gasteiger partial charge in [0.1, 0.15) is 5.75 Å². The van der Waals surface area contributed by atoms with Crippen LogP contribution in [0.4, 0.5) is 5.69 Å². The van der Waals surface area contributed by atoms with Crippen molar-refractivity contribution in [2.45, 2.75) is 13.0 Å². The number of rotatable bonds is 6. The largest absolute Gasteiger partial charge is 0.497 e. The molecule has 0 aromatic heterocycles. The van der Waals surface area contributed by atoms with Gasteiger partial charge in [-0.2, -0.15) is 0 Å².